The summed E-state index contributed by atoms with van der Waals surface area (Å²) < 4.78 is 0. The van der Waals surface area contributed by atoms with Crippen molar-refractivity contribution in [2.75, 3.05) is 19.6 Å². The van der Waals surface area contributed by atoms with Gasteiger partial charge in [-0.1, -0.05) is 59.3 Å². The van der Waals surface area contributed by atoms with Gasteiger partial charge in [-0.05, 0) is 96.3 Å². The third kappa shape index (κ3) is 26.3. The molecule has 0 bridgehead atoms. The number of quaternary nitrogens is 3. The van der Waals surface area contributed by atoms with Crippen LogP contribution in [0.15, 0.2) is 0 Å². The van der Waals surface area contributed by atoms with Crippen molar-refractivity contribution >= 4 is 0 Å². The molecule has 3 saturated carbocycles. The average molecular weight is 850 g/mol. The Hall–Kier alpha value is 2.07. The highest BCUT2D eigenvalue weighted by atomic mass is 127. The summed E-state index contributed by atoms with van der Waals surface area (Å²) >= 11 is 0. The number of hydrogen-bond donors (Lipinski definition) is 3. The number of nitrogens with two attached hydrogens (primary N) is 3. The molecular weight excluding hydrogens is 783 g/mol. The molecule has 0 aromatic heterocycles. The van der Waals surface area contributed by atoms with Gasteiger partial charge in [-0.15, -0.1) is 0 Å². The topological polar surface area (TPSA) is 49.8 Å². The van der Waals surface area contributed by atoms with Gasteiger partial charge in [-0.3, -0.25) is 0 Å². The van der Waals surface area contributed by atoms with Gasteiger partial charge >= 0.3 is 0 Å². The Kier molecular flexibility index (Phi) is 39.3. The molecule has 36 heavy (non-hydrogen) atoms. The number of halogens is 3. The van der Waals surface area contributed by atoms with E-state index in [1.165, 1.54) is 154 Å². The molecule has 0 unspecified atom stereocenters. The highest BCUT2D eigenvalue weighted by molar-refractivity contribution is 4.63. The van der Waals surface area contributed by atoms with E-state index in [0.717, 1.165) is 18.1 Å². The minimum Gasteiger partial charge on any atom is -1.00 e. The standard InChI is InChI=1S/3C10H21N.3HI/c3*1-2-3-9-11-10-7-5-4-6-8-10;;;/h3*10-11H,2-9H2,1H3;3*1H. The van der Waals surface area contributed by atoms with Gasteiger partial charge in [0.2, 0.25) is 0 Å². The van der Waals surface area contributed by atoms with Crippen LogP contribution in [0.4, 0.5) is 0 Å². The highest BCUT2D eigenvalue weighted by Crippen LogP contribution is 2.15. The van der Waals surface area contributed by atoms with Crippen molar-refractivity contribution in [3.05, 3.63) is 0 Å². The van der Waals surface area contributed by atoms with Crippen molar-refractivity contribution in [3.63, 3.8) is 0 Å². The Labute approximate surface area is 278 Å². The van der Waals surface area contributed by atoms with E-state index in [1.54, 1.807) is 0 Å². The summed E-state index contributed by atoms with van der Waals surface area (Å²) in [7, 11) is 0. The summed E-state index contributed by atoms with van der Waals surface area (Å²) in [5.74, 6) is 0. The lowest BCUT2D eigenvalue weighted by molar-refractivity contribution is -0.692. The summed E-state index contributed by atoms with van der Waals surface area (Å²) in [6, 6.07) is 2.95. The lowest BCUT2D eigenvalue weighted by Crippen LogP contribution is -3.00. The van der Waals surface area contributed by atoms with Crippen LogP contribution in [0, 0.1) is 0 Å². The lowest BCUT2D eigenvalue weighted by Gasteiger charge is -2.19. The zero-order valence-electron chi connectivity index (χ0n) is 24.6. The van der Waals surface area contributed by atoms with Crippen molar-refractivity contribution in [1.29, 1.82) is 0 Å². The molecule has 0 amide bonds. The summed E-state index contributed by atoms with van der Waals surface area (Å²) in [5, 5.41) is 7.72. The Bertz CT molecular complexity index is 327. The largest absolute Gasteiger partial charge is 1.00 e. The Morgan fingerprint density at radius 3 is 0.806 bits per heavy atom. The smallest absolute Gasteiger partial charge is 0.0859 e. The van der Waals surface area contributed by atoms with E-state index in [2.05, 4.69) is 36.7 Å². The predicted octanol–water partition coefficient (Wildman–Crippen LogP) is -3.94. The van der Waals surface area contributed by atoms with Crippen molar-refractivity contribution in [1.82, 2.24) is 0 Å². The van der Waals surface area contributed by atoms with Crippen LogP contribution in [-0.4, -0.2) is 37.8 Å². The molecular formula is C30H66I3N3. The molecule has 0 spiro atoms. The molecule has 0 radical (unpaired) electrons. The molecule has 0 aliphatic heterocycles. The molecule has 0 aromatic rings. The van der Waals surface area contributed by atoms with Crippen molar-refractivity contribution in [3.8, 4) is 0 Å². The van der Waals surface area contributed by atoms with Crippen LogP contribution in [0.2, 0.25) is 0 Å². The minimum atomic E-state index is 0. The van der Waals surface area contributed by atoms with Crippen LogP contribution in [0.1, 0.15) is 156 Å². The van der Waals surface area contributed by atoms with E-state index in [-0.39, 0.29) is 71.9 Å². The van der Waals surface area contributed by atoms with E-state index in [1.807, 2.05) is 0 Å². The van der Waals surface area contributed by atoms with E-state index in [4.69, 9.17) is 0 Å². The van der Waals surface area contributed by atoms with Gasteiger partial charge in [0.1, 0.15) is 0 Å². The average Bonchev–Trinajstić information content (AvgIpc) is 2.87. The molecule has 0 atom stereocenters. The van der Waals surface area contributed by atoms with Crippen molar-refractivity contribution in [2.45, 2.75) is 174 Å². The minimum absolute atomic E-state index is 0. The molecule has 3 rings (SSSR count). The second-order valence-corrected chi connectivity index (χ2v) is 11.3. The lowest BCUT2D eigenvalue weighted by atomic mass is 9.95. The van der Waals surface area contributed by atoms with E-state index < -0.39 is 0 Å². The first kappa shape index (κ1) is 42.5. The second-order valence-electron chi connectivity index (χ2n) is 11.3. The summed E-state index contributed by atoms with van der Waals surface area (Å²) in [6.45, 7) is 10.9. The first-order valence-corrected chi connectivity index (χ1v) is 15.8. The molecule has 6 N–H and O–H groups in total. The maximum absolute atomic E-state index is 2.57. The van der Waals surface area contributed by atoms with Crippen molar-refractivity contribution in [2.24, 2.45) is 0 Å². The fourth-order valence-corrected chi connectivity index (χ4v) is 5.78. The molecule has 0 heterocycles. The van der Waals surface area contributed by atoms with Gasteiger partial charge in [0.15, 0.2) is 0 Å². The Balaban J connectivity index is -0.000000436. The van der Waals surface area contributed by atoms with Crippen LogP contribution < -0.4 is 87.9 Å². The van der Waals surface area contributed by atoms with Gasteiger partial charge in [-0.2, -0.15) is 0 Å². The van der Waals surface area contributed by atoms with Crippen LogP contribution in [0.3, 0.4) is 0 Å². The number of unbranched alkanes of at least 4 members (excludes halogenated alkanes) is 3. The van der Waals surface area contributed by atoms with Gasteiger partial charge in [0.05, 0.1) is 37.8 Å². The first-order valence-electron chi connectivity index (χ1n) is 15.8. The van der Waals surface area contributed by atoms with Crippen LogP contribution >= 0.6 is 0 Å². The van der Waals surface area contributed by atoms with Crippen LogP contribution in [0.5, 0.6) is 0 Å². The summed E-state index contributed by atoms with van der Waals surface area (Å²) in [4.78, 5) is 0. The monoisotopic (exact) mass is 849 g/mol. The summed E-state index contributed by atoms with van der Waals surface area (Å²) in [6.07, 6.45) is 30.4. The van der Waals surface area contributed by atoms with E-state index >= 15 is 0 Å². The second kappa shape index (κ2) is 33.3. The fraction of sp³-hybridized carbons (Fsp3) is 1.00. The zero-order chi connectivity index (χ0) is 23.8. The predicted molar refractivity (Wildman–Crippen MR) is 146 cm³/mol. The summed E-state index contributed by atoms with van der Waals surface area (Å²) in [5.41, 5.74) is 0. The Morgan fingerprint density at radius 2 is 0.611 bits per heavy atom. The molecule has 3 aliphatic carbocycles. The quantitative estimate of drug-likeness (QED) is 0.133. The van der Waals surface area contributed by atoms with Crippen LogP contribution in [-0.2, 0) is 0 Å². The third-order valence-corrected chi connectivity index (χ3v) is 8.12. The molecule has 3 nitrogen and oxygen atoms in total. The SMILES string of the molecule is CCCC[NH2+]C1CCCCC1.CCCC[NH2+]C1CCCCC1.CCCC[NH2+]C1CCCCC1.[I-].[I-].[I-]. The number of rotatable bonds is 12. The molecule has 3 fully saturated rings. The molecule has 0 saturated heterocycles. The van der Waals surface area contributed by atoms with Gasteiger partial charge < -0.3 is 87.9 Å². The first-order chi connectivity index (χ1) is 16.3. The van der Waals surface area contributed by atoms with Gasteiger partial charge in [-0.25, -0.2) is 0 Å². The van der Waals surface area contributed by atoms with Gasteiger partial charge in [0.25, 0.3) is 0 Å². The van der Waals surface area contributed by atoms with Crippen molar-refractivity contribution < 1.29 is 87.9 Å². The zero-order valence-corrected chi connectivity index (χ0v) is 31.0. The molecule has 222 valence electrons. The van der Waals surface area contributed by atoms with E-state index in [9.17, 15) is 0 Å². The maximum Gasteiger partial charge on any atom is 0.0859 e. The van der Waals surface area contributed by atoms with E-state index in [0.29, 0.717) is 0 Å². The normalized spacial score (nSPS) is 18.8. The highest BCUT2D eigenvalue weighted by Gasteiger charge is 2.16. The third-order valence-electron chi connectivity index (χ3n) is 8.12. The Morgan fingerprint density at radius 1 is 0.389 bits per heavy atom. The number of hydrogen-bond acceptors (Lipinski definition) is 0. The fourth-order valence-electron chi connectivity index (χ4n) is 5.78. The van der Waals surface area contributed by atoms with Gasteiger partial charge in [0, 0.05) is 0 Å². The molecule has 3 aliphatic rings. The maximum atomic E-state index is 2.57. The van der Waals surface area contributed by atoms with Crippen LogP contribution in [0.25, 0.3) is 0 Å². The molecule has 0 aromatic carbocycles. The molecule has 6 heteroatoms.